The van der Waals surface area contributed by atoms with Crippen LogP contribution in [0.3, 0.4) is 0 Å². The maximum absolute atomic E-state index is 12.7. The first-order chi connectivity index (χ1) is 10.8. The normalized spacial score (nSPS) is 11.1. The second-order valence-corrected chi connectivity index (χ2v) is 4.57. The molecule has 0 aliphatic carbocycles. The number of hydrogen-bond acceptors (Lipinski definition) is 4. The van der Waals surface area contributed by atoms with Gasteiger partial charge in [-0.2, -0.15) is 13.2 Å². The van der Waals surface area contributed by atoms with E-state index >= 15 is 0 Å². The Balaban J connectivity index is 2.36. The van der Waals surface area contributed by atoms with Gasteiger partial charge in [-0.3, -0.25) is 10.1 Å². The largest absolute Gasteiger partial charge is 0.494 e. The number of hydrogen-bond donors (Lipinski definition) is 1. The monoisotopic (exact) mass is 326 g/mol. The molecule has 8 heteroatoms. The molecule has 0 saturated heterocycles. The van der Waals surface area contributed by atoms with Gasteiger partial charge < -0.3 is 10.1 Å². The number of ether oxygens (including phenoxy) is 1. The number of nitrogens with one attached hydrogen (secondary N) is 1. The summed E-state index contributed by atoms with van der Waals surface area (Å²) in [4.78, 5) is 10.2. The molecule has 2 aromatic rings. The summed E-state index contributed by atoms with van der Waals surface area (Å²) in [5.41, 5.74) is -1.28. The van der Waals surface area contributed by atoms with Gasteiger partial charge in [0.1, 0.15) is 11.4 Å². The van der Waals surface area contributed by atoms with Crippen LogP contribution in [-0.2, 0) is 6.18 Å². The molecule has 122 valence electrons. The fraction of sp³-hybridized carbons (Fsp3) is 0.200. The molecule has 0 radical (unpaired) electrons. The van der Waals surface area contributed by atoms with Crippen molar-refractivity contribution in [3.63, 3.8) is 0 Å². The van der Waals surface area contributed by atoms with Crippen molar-refractivity contribution in [3.8, 4) is 5.75 Å². The summed E-state index contributed by atoms with van der Waals surface area (Å²) in [6, 6.07) is 8.94. The number of rotatable bonds is 5. The first-order valence-electron chi connectivity index (χ1n) is 6.67. The van der Waals surface area contributed by atoms with E-state index in [9.17, 15) is 23.3 Å². The molecule has 0 atom stereocenters. The van der Waals surface area contributed by atoms with Gasteiger partial charge >= 0.3 is 6.18 Å². The van der Waals surface area contributed by atoms with Gasteiger partial charge in [-0.25, -0.2) is 0 Å². The van der Waals surface area contributed by atoms with Crippen LogP contribution in [0.5, 0.6) is 5.75 Å². The third kappa shape index (κ3) is 4.12. The topological polar surface area (TPSA) is 64.4 Å². The maximum Gasteiger partial charge on any atom is 0.416 e. The van der Waals surface area contributed by atoms with Crippen LogP contribution < -0.4 is 10.1 Å². The van der Waals surface area contributed by atoms with Crippen molar-refractivity contribution in [1.82, 2.24) is 0 Å². The minimum Gasteiger partial charge on any atom is -0.494 e. The van der Waals surface area contributed by atoms with Crippen molar-refractivity contribution in [1.29, 1.82) is 0 Å². The fourth-order valence-electron chi connectivity index (χ4n) is 1.95. The molecule has 0 amide bonds. The third-order valence-electron chi connectivity index (χ3n) is 2.95. The minimum atomic E-state index is -4.64. The van der Waals surface area contributed by atoms with Gasteiger partial charge in [-0.15, -0.1) is 0 Å². The molecular weight excluding hydrogens is 313 g/mol. The molecule has 1 N–H and O–H groups in total. The maximum atomic E-state index is 12.7. The molecule has 2 aromatic carbocycles. The lowest BCUT2D eigenvalue weighted by Gasteiger charge is -2.11. The van der Waals surface area contributed by atoms with Crippen LogP contribution in [0.2, 0.25) is 0 Å². The Morgan fingerprint density at radius 3 is 2.57 bits per heavy atom. The molecule has 0 aromatic heterocycles. The molecule has 0 aliphatic rings. The van der Waals surface area contributed by atoms with Gasteiger partial charge in [0.15, 0.2) is 0 Å². The molecule has 0 fully saturated rings. The average molecular weight is 326 g/mol. The molecule has 23 heavy (non-hydrogen) atoms. The summed E-state index contributed by atoms with van der Waals surface area (Å²) < 4.78 is 43.3. The number of anilines is 2. The van der Waals surface area contributed by atoms with Crippen molar-refractivity contribution in [2.24, 2.45) is 0 Å². The second kappa shape index (κ2) is 6.55. The Hall–Kier alpha value is -2.77. The Bertz CT molecular complexity index is 717. The van der Waals surface area contributed by atoms with Crippen molar-refractivity contribution in [3.05, 3.63) is 58.1 Å². The van der Waals surface area contributed by atoms with E-state index < -0.39 is 22.4 Å². The van der Waals surface area contributed by atoms with Crippen LogP contribution in [0.25, 0.3) is 0 Å². The van der Waals surface area contributed by atoms with Crippen molar-refractivity contribution in [2.45, 2.75) is 13.1 Å². The lowest BCUT2D eigenvalue weighted by molar-refractivity contribution is -0.384. The highest BCUT2D eigenvalue weighted by Crippen LogP contribution is 2.36. The minimum absolute atomic E-state index is 0.0309. The van der Waals surface area contributed by atoms with Gasteiger partial charge in [-0.05, 0) is 31.2 Å². The Morgan fingerprint density at radius 1 is 1.22 bits per heavy atom. The zero-order chi connectivity index (χ0) is 17.0. The first-order valence-corrected chi connectivity index (χ1v) is 6.67. The summed E-state index contributed by atoms with van der Waals surface area (Å²) in [6.45, 7) is 2.25. The number of alkyl halides is 3. The highest BCUT2D eigenvalue weighted by molar-refractivity contribution is 5.70. The van der Waals surface area contributed by atoms with Crippen molar-refractivity contribution < 1.29 is 22.8 Å². The second-order valence-electron chi connectivity index (χ2n) is 4.57. The van der Waals surface area contributed by atoms with Gasteiger partial charge in [-0.1, -0.05) is 6.07 Å². The number of benzene rings is 2. The Morgan fingerprint density at radius 2 is 1.96 bits per heavy atom. The predicted molar refractivity (Wildman–Crippen MR) is 79.0 cm³/mol. The van der Waals surface area contributed by atoms with Gasteiger partial charge in [0.25, 0.3) is 5.69 Å². The van der Waals surface area contributed by atoms with E-state index in [-0.39, 0.29) is 5.69 Å². The van der Waals surface area contributed by atoms with Gasteiger partial charge in [0.05, 0.1) is 17.1 Å². The average Bonchev–Trinajstić information content (AvgIpc) is 2.47. The quantitative estimate of drug-likeness (QED) is 0.636. The summed E-state index contributed by atoms with van der Waals surface area (Å²) in [5, 5.41) is 13.8. The molecule has 0 aliphatic heterocycles. The molecule has 0 saturated carbocycles. The number of halogens is 3. The van der Waals surface area contributed by atoms with Crippen LogP contribution in [0.1, 0.15) is 12.5 Å². The van der Waals surface area contributed by atoms with Crippen LogP contribution in [0.15, 0.2) is 42.5 Å². The number of nitro benzene ring substituents is 1. The van der Waals surface area contributed by atoms with E-state index in [1.165, 1.54) is 0 Å². The van der Waals surface area contributed by atoms with Crippen LogP contribution in [0.4, 0.5) is 30.2 Å². The summed E-state index contributed by atoms with van der Waals surface area (Å²) in [6.07, 6.45) is -4.64. The number of nitrogens with zero attached hydrogens (tertiary/aromatic N) is 1. The highest BCUT2D eigenvalue weighted by Gasteiger charge is 2.33. The molecule has 5 nitrogen and oxygen atoms in total. The van der Waals surface area contributed by atoms with Crippen LogP contribution >= 0.6 is 0 Å². The van der Waals surface area contributed by atoms with Crippen molar-refractivity contribution >= 4 is 17.1 Å². The van der Waals surface area contributed by atoms with Crippen LogP contribution in [0, 0.1) is 10.1 Å². The molecule has 0 unspecified atom stereocenters. The highest BCUT2D eigenvalue weighted by atomic mass is 19.4. The third-order valence-corrected chi connectivity index (χ3v) is 2.95. The van der Waals surface area contributed by atoms with Gasteiger partial charge in [0, 0.05) is 17.8 Å². The molecule has 0 bridgehead atoms. The summed E-state index contributed by atoms with van der Waals surface area (Å²) >= 11 is 0. The van der Waals surface area contributed by atoms with E-state index in [4.69, 9.17) is 4.74 Å². The first kappa shape index (κ1) is 16.6. The van der Waals surface area contributed by atoms with E-state index in [1.54, 1.807) is 31.2 Å². The molecule has 2 rings (SSSR count). The van der Waals surface area contributed by atoms with E-state index in [2.05, 4.69) is 5.32 Å². The number of nitro groups is 1. The molecule has 0 spiro atoms. The predicted octanol–water partition coefficient (Wildman–Crippen LogP) is 4.76. The lowest BCUT2D eigenvalue weighted by Crippen LogP contribution is -2.06. The zero-order valence-corrected chi connectivity index (χ0v) is 12.1. The lowest BCUT2D eigenvalue weighted by atomic mass is 10.1. The van der Waals surface area contributed by atoms with Crippen molar-refractivity contribution in [2.75, 3.05) is 11.9 Å². The fourth-order valence-corrected chi connectivity index (χ4v) is 1.95. The molecular formula is C15H13F3N2O3. The summed E-state index contributed by atoms with van der Waals surface area (Å²) in [7, 11) is 0. The smallest absolute Gasteiger partial charge is 0.416 e. The summed E-state index contributed by atoms with van der Waals surface area (Å²) in [5.74, 6) is 0.548. The van der Waals surface area contributed by atoms with E-state index in [0.29, 0.717) is 24.1 Å². The van der Waals surface area contributed by atoms with E-state index in [1.807, 2.05) is 0 Å². The van der Waals surface area contributed by atoms with Gasteiger partial charge in [0.2, 0.25) is 0 Å². The zero-order valence-electron chi connectivity index (χ0n) is 12.1. The molecule has 0 heterocycles. The Kier molecular flexibility index (Phi) is 4.73. The standard InChI is InChI=1S/C15H13F3N2O3/c1-2-23-12-5-3-4-11(9-12)19-13-7-6-10(15(16,17)18)8-14(13)20(21)22/h3-9,19H,2H2,1H3. The van der Waals surface area contributed by atoms with E-state index in [0.717, 1.165) is 12.1 Å². The SMILES string of the molecule is CCOc1cccc(Nc2ccc(C(F)(F)F)cc2[N+](=O)[O-])c1. The Labute approximate surface area is 129 Å². The van der Waals surface area contributed by atoms with Crippen LogP contribution in [-0.4, -0.2) is 11.5 Å².